The number of nitrogens with zero attached hydrogens (tertiary/aromatic N) is 2. The van der Waals surface area contributed by atoms with Crippen LogP contribution in [0.5, 0.6) is 0 Å². The lowest BCUT2D eigenvalue weighted by molar-refractivity contribution is -0.121. The number of hydrogen-bond acceptors (Lipinski definition) is 3. The second-order valence-corrected chi connectivity index (χ2v) is 5.45. The molecule has 0 saturated carbocycles. The van der Waals surface area contributed by atoms with Crippen molar-refractivity contribution < 1.29 is 4.79 Å². The van der Waals surface area contributed by atoms with Crippen LogP contribution in [0.4, 0.5) is 5.82 Å². The minimum Gasteiger partial charge on any atom is -0.357 e. The van der Waals surface area contributed by atoms with E-state index in [1.54, 1.807) is 0 Å². The summed E-state index contributed by atoms with van der Waals surface area (Å²) in [5, 5.41) is 2.95. The molecule has 1 N–H and O–H groups in total. The molecule has 1 amide bonds. The van der Waals surface area contributed by atoms with Crippen LogP contribution in [0.15, 0.2) is 18.3 Å². The average Bonchev–Trinajstić information content (AvgIpc) is 3.00. The molecule has 0 aromatic carbocycles. The van der Waals surface area contributed by atoms with Crippen LogP contribution < -0.4 is 10.2 Å². The standard InChI is InChI=1S/C16H25N3O/c1-2-3-4-7-16(20)18-13-14-8-9-15(17-12-14)19-10-5-6-11-19/h8-9,12H,2-7,10-11,13H2,1H3,(H,18,20). The number of pyridine rings is 1. The minimum absolute atomic E-state index is 0.141. The summed E-state index contributed by atoms with van der Waals surface area (Å²) in [6.07, 6.45) is 8.28. The molecule has 1 aromatic heterocycles. The number of rotatable bonds is 7. The zero-order chi connectivity index (χ0) is 14.2. The first-order chi connectivity index (χ1) is 9.79. The van der Waals surface area contributed by atoms with Gasteiger partial charge in [0.25, 0.3) is 0 Å². The van der Waals surface area contributed by atoms with E-state index in [2.05, 4.69) is 34.3 Å². The Bertz CT molecular complexity index is 410. The third-order valence-corrected chi connectivity index (χ3v) is 3.74. The Hall–Kier alpha value is -1.58. The lowest BCUT2D eigenvalue weighted by Crippen LogP contribution is -2.23. The van der Waals surface area contributed by atoms with Gasteiger partial charge in [-0.2, -0.15) is 0 Å². The Morgan fingerprint density at radius 3 is 2.75 bits per heavy atom. The predicted molar refractivity (Wildman–Crippen MR) is 81.7 cm³/mol. The molecule has 0 spiro atoms. The Morgan fingerprint density at radius 2 is 2.10 bits per heavy atom. The Kier molecular flexibility index (Phi) is 5.84. The highest BCUT2D eigenvalue weighted by molar-refractivity contribution is 5.75. The zero-order valence-electron chi connectivity index (χ0n) is 12.4. The molecule has 1 aliphatic rings. The maximum atomic E-state index is 11.6. The van der Waals surface area contributed by atoms with E-state index in [1.807, 2.05) is 6.20 Å². The van der Waals surface area contributed by atoms with Crippen LogP contribution in [0.2, 0.25) is 0 Å². The fourth-order valence-electron chi connectivity index (χ4n) is 2.48. The summed E-state index contributed by atoms with van der Waals surface area (Å²) in [4.78, 5) is 18.4. The van der Waals surface area contributed by atoms with Crippen molar-refractivity contribution in [2.45, 2.75) is 52.0 Å². The largest absolute Gasteiger partial charge is 0.357 e. The average molecular weight is 275 g/mol. The molecule has 0 bridgehead atoms. The van der Waals surface area contributed by atoms with Crippen LogP contribution >= 0.6 is 0 Å². The van der Waals surface area contributed by atoms with Crippen molar-refractivity contribution in [3.8, 4) is 0 Å². The van der Waals surface area contributed by atoms with Gasteiger partial charge in [-0.05, 0) is 30.9 Å². The molecule has 1 fully saturated rings. The van der Waals surface area contributed by atoms with Crippen LogP contribution in [0.3, 0.4) is 0 Å². The van der Waals surface area contributed by atoms with Crippen LogP contribution in [0.25, 0.3) is 0 Å². The highest BCUT2D eigenvalue weighted by Gasteiger charge is 2.12. The highest BCUT2D eigenvalue weighted by atomic mass is 16.1. The molecule has 110 valence electrons. The number of anilines is 1. The summed E-state index contributed by atoms with van der Waals surface area (Å²) in [5.41, 5.74) is 1.07. The molecular weight excluding hydrogens is 250 g/mol. The van der Waals surface area contributed by atoms with Gasteiger partial charge in [-0.25, -0.2) is 4.98 Å². The molecule has 20 heavy (non-hydrogen) atoms. The lowest BCUT2D eigenvalue weighted by atomic mass is 10.2. The third kappa shape index (κ3) is 4.51. The Morgan fingerprint density at radius 1 is 1.30 bits per heavy atom. The van der Waals surface area contributed by atoms with E-state index in [-0.39, 0.29) is 5.91 Å². The summed E-state index contributed by atoms with van der Waals surface area (Å²) in [6, 6.07) is 4.12. The number of nitrogens with one attached hydrogen (secondary N) is 1. The molecule has 0 radical (unpaired) electrons. The van der Waals surface area contributed by atoms with E-state index >= 15 is 0 Å². The van der Waals surface area contributed by atoms with Crippen molar-refractivity contribution >= 4 is 11.7 Å². The number of carbonyl (C=O) groups is 1. The molecule has 2 rings (SSSR count). The van der Waals surface area contributed by atoms with Gasteiger partial charge >= 0.3 is 0 Å². The van der Waals surface area contributed by atoms with Crippen LogP contribution in [0.1, 0.15) is 51.0 Å². The second-order valence-electron chi connectivity index (χ2n) is 5.45. The van der Waals surface area contributed by atoms with E-state index in [0.29, 0.717) is 13.0 Å². The number of aromatic nitrogens is 1. The quantitative estimate of drug-likeness (QED) is 0.778. The minimum atomic E-state index is 0.141. The summed E-state index contributed by atoms with van der Waals surface area (Å²) in [6.45, 7) is 4.95. The van der Waals surface area contributed by atoms with E-state index < -0.39 is 0 Å². The van der Waals surface area contributed by atoms with Crippen LogP contribution in [-0.2, 0) is 11.3 Å². The topological polar surface area (TPSA) is 45.2 Å². The SMILES string of the molecule is CCCCCC(=O)NCc1ccc(N2CCCC2)nc1. The number of amides is 1. The molecular formula is C16H25N3O. The van der Waals surface area contributed by atoms with E-state index in [4.69, 9.17) is 0 Å². The second kappa shape index (κ2) is 7.88. The van der Waals surface area contributed by atoms with Gasteiger partial charge in [0.05, 0.1) is 0 Å². The van der Waals surface area contributed by atoms with Crippen molar-refractivity contribution in [2.75, 3.05) is 18.0 Å². The smallest absolute Gasteiger partial charge is 0.220 e. The van der Waals surface area contributed by atoms with E-state index in [0.717, 1.165) is 43.7 Å². The first kappa shape index (κ1) is 14.8. The highest BCUT2D eigenvalue weighted by Crippen LogP contribution is 2.17. The summed E-state index contributed by atoms with van der Waals surface area (Å²) in [7, 11) is 0. The van der Waals surface area contributed by atoms with E-state index in [9.17, 15) is 4.79 Å². The molecule has 0 aliphatic carbocycles. The van der Waals surface area contributed by atoms with Gasteiger partial charge in [0.2, 0.25) is 5.91 Å². The molecule has 0 unspecified atom stereocenters. The molecule has 1 saturated heterocycles. The van der Waals surface area contributed by atoms with Crippen molar-refractivity contribution in [3.63, 3.8) is 0 Å². The molecule has 1 aliphatic heterocycles. The summed E-state index contributed by atoms with van der Waals surface area (Å²) < 4.78 is 0. The predicted octanol–water partition coefficient (Wildman–Crippen LogP) is 2.88. The first-order valence-electron chi connectivity index (χ1n) is 7.76. The van der Waals surface area contributed by atoms with Gasteiger partial charge in [-0.3, -0.25) is 4.79 Å². The Labute approximate surface area is 121 Å². The van der Waals surface area contributed by atoms with Crippen LogP contribution in [-0.4, -0.2) is 24.0 Å². The van der Waals surface area contributed by atoms with Gasteiger partial charge in [0.15, 0.2) is 0 Å². The van der Waals surface area contributed by atoms with Gasteiger partial charge < -0.3 is 10.2 Å². The zero-order valence-corrected chi connectivity index (χ0v) is 12.4. The Balaban J connectivity index is 1.74. The lowest BCUT2D eigenvalue weighted by Gasteiger charge is -2.16. The number of hydrogen-bond donors (Lipinski definition) is 1. The van der Waals surface area contributed by atoms with Crippen molar-refractivity contribution in [3.05, 3.63) is 23.9 Å². The maximum absolute atomic E-state index is 11.6. The van der Waals surface area contributed by atoms with Crippen molar-refractivity contribution in [1.82, 2.24) is 10.3 Å². The van der Waals surface area contributed by atoms with Gasteiger partial charge in [0, 0.05) is 32.3 Å². The fraction of sp³-hybridized carbons (Fsp3) is 0.625. The summed E-state index contributed by atoms with van der Waals surface area (Å²) in [5.74, 6) is 1.20. The van der Waals surface area contributed by atoms with Crippen LogP contribution in [0, 0.1) is 0 Å². The van der Waals surface area contributed by atoms with E-state index in [1.165, 1.54) is 12.8 Å². The summed E-state index contributed by atoms with van der Waals surface area (Å²) >= 11 is 0. The monoisotopic (exact) mass is 275 g/mol. The first-order valence-corrected chi connectivity index (χ1v) is 7.76. The number of unbranched alkanes of at least 4 members (excludes halogenated alkanes) is 2. The maximum Gasteiger partial charge on any atom is 0.220 e. The van der Waals surface area contributed by atoms with Gasteiger partial charge in [0.1, 0.15) is 5.82 Å². The van der Waals surface area contributed by atoms with Gasteiger partial charge in [-0.1, -0.05) is 25.8 Å². The molecule has 2 heterocycles. The molecule has 1 aromatic rings. The van der Waals surface area contributed by atoms with Crippen molar-refractivity contribution in [2.24, 2.45) is 0 Å². The normalized spacial score (nSPS) is 14.6. The molecule has 4 heteroatoms. The molecule has 0 atom stereocenters. The fourth-order valence-corrected chi connectivity index (χ4v) is 2.48. The van der Waals surface area contributed by atoms with Gasteiger partial charge in [-0.15, -0.1) is 0 Å². The number of carbonyl (C=O) groups excluding carboxylic acids is 1. The molecule has 4 nitrogen and oxygen atoms in total. The third-order valence-electron chi connectivity index (χ3n) is 3.74. The van der Waals surface area contributed by atoms with Crippen molar-refractivity contribution in [1.29, 1.82) is 0 Å².